The van der Waals surface area contributed by atoms with Gasteiger partial charge in [-0.05, 0) is 25.7 Å². The first kappa shape index (κ1) is 14.9. The van der Waals surface area contributed by atoms with Gasteiger partial charge in [0, 0.05) is 30.0 Å². The maximum Gasteiger partial charge on any atom is 0.307 e. The second kappa shape index (κ2) is 6.79. The fourth-order valence-corrected chi connectivity index (χ4v) is 2.68. The number of carboxylic acids is 1. The van der Waals surface area contributed by atoms with Crippen LogP contribution in [0.4, 0.5) is 0 Å². The Morgan fingerprint density at radius 3 is 2.40 bits per heavy atom. The first-order valence-electron chi connectivity index (χ1n) is 7.35. The Hall–Kier alpha value is -1.49. The van der Waals surface area contributed by atoms with Gasteiger partial charge in [0.2, 0.25) is 0 Å². The van der Waals surface area contributed by atoms with Crippen molar-refractivity contribution in [2.75, 3.05) is 6.61 Å². The molecule has 1 atom stereocenters. The number of nitrogens with zero attached hydrogens (tertiary/aromatic N) is 2. The fraction of sp³-hybridized carbons (Fsp3) is 0.667. The van der Waals surface area contributed by atoms with E-state index in [9.17, 15) is 4.79 Å². The van der Waals surface area contributed by atoms with Crippen LogP contribution in [0.25, 0.3) is 0 Å². The van der Waals surface area contributed by atoms with E-state index in [-0.39, 0.29) is 12.5 Å². The second-order valence-corrected chi connectivity index (χ2v) is 5.13. The molecule has 5 heteroatoms. The van der Waals surface area contributed by atoms with E-state index in [4.69, 9.17) is 9.84 Å². The van der Waals surface area contributed by atoms with Gasteiger partial charge in [0.05, 0.1) is 12.5 Å². The predicted octanol–water partition coefficient (Wildman–Crippen LogP) is 1.95. The third-order valence-electron chi connectivity index (χ3n) is 3.66. The topological polar surface area (TPSA) is 72.3 Å². The summed E-state index contributed by atoms with van der Waals surface area (Å²) in [6.45, 7) is 4.83. The van der Waals surface area contributed by atoms with E-state index < -0.39 is 5.97 Å². The molecule has 1 fully saturated rings. The largest absolute Gasteiger partial charge is 0.481 e. The minimum Gasteiger partial charge on any atom is -0.481 e. The van der Waals surface area contributed by atoms with E-state index >= 15 is 0 Å². The lowest BCUT2D eigenvalue weighted by Gasteiger charge is -2.14. The van der Waals surface area contributed by atoms with Crippen LogP contribution >= 0.6 is 0 Å². The quantitative estimate of drug-likeness (QED) is 0.861. The van der Waals surface area contributed by atoms with Crippen LogP contribution in [-0.2, 0) is 35.2 Å². The van der Waals surface area contributed by atoms with Gasteiger partial charge in [-0.25, -0.2) is 9.97 Å². The average molecular weight is 278 g/mol. The number of ether oxygens (including phenoxy) is 1. The second-order valence-electron chi connectivity index (χ2n) is 5.13. The Balaban J connectivity index is 2.27. The van der Waals surface area contributed by atoms with Crippen LogP contribution in [0, 0.1) is 0 Å². The van der Waals surface area contributed by atoms with Crippen LogP contribution < -0.4 is 0 Å². The zero-order valence-corrected chi connectivity index (χ0v) is 12.2. The molecule has 2 rings (SSSR count). The van der Waals surface area contributed by atoms with Crippen molar-refractivity contribution in [1.82, 2.24) is 9.97 Å². The Morgan fingerprint density at radius 2 is 1.95 bits per heavy atom. The van der Waals surface area contributed by atoms with E-state index in [1.165, 1.54) is 0 Å². The predicted molar refractivity (Wildman–Crippen MR) is 74.8 cm³/mol. The first-order chi connectivity index (χ1) is 9.63. The molecule has 1 aromatic heterocycles. The van der Waals surface area contributed by atoms with Crippen molar-refractivity contribution in [3.8, 4) is 0 Å². The molecule has 1 saturated heterocycles. The molecule has 1 aliphatic rings. The minimum absolute atomic E-state index is 0.00650. The zero-order valence-electron chi connectivity index (χ0n) is 12.2. The molecule has 0 aromatic carbocycles. The van der Waals surface area contributed by atoms with Gasteiger partial charge in [0.25, 0.3) is 0 Å². The average Bonchev–Trinajstić information content (AvgIpc) is 2.92. The van der Waals surface area contributed by atoms with Crippen LogP contribution in [0.15, 0.2) is 0 Å². The summed E-state index contributed by atoms with van der Waals surface area (Å²) >= 11 is 0. The summed E-state index contributed by atoms with van der Waals surface area (Å²) in [5.74, 6) is -0.0374. The summed E-state index contributed by atoms with van der Waals surface area (Å²) in [6, 6.07) is 0. The van der Waals surface area contributed by atoms with Crippen molar-refractivity contribution in [1.29, 1.82) is 0 Å². The highest BCUT2D eigenvalue weighted by molar-refractivity contribution is 5.71. The summed E-state index contributed by atoms with van der Waals surface area (Å²) in [4.78, 5) is 20.1. The molecule has 0 bridgehead atoms. The number of rotatable bonds is 6. The van der Waals surface area contributed by atoms with E-state index in [0.717, 1.165) is 61.5 Å². The molecule has 20 heavy (non-hydrogen) atoms. The molecule has 1 unspecified atom stereocenters. The molecule has 0 spiro atoms. The van der Waals surface area contributed by atoms with Gasteiger partial charge < -0.3 is 9.84 Å². The van der Waals surface area contributed by atoms with Crippen molar-refractivity contribution < 1.29 is 14.6 Å². The highest BCUT2D eigenvalue weighted by Gasteiger charge is 2.20. The normalized spacial score (nSPS) is 18.4. The van der Waals surface area contributed by atoms with E-state index in [1.54, 1.807) is 0 Å². The summed E-state index contributed by atoms with van der Waals surface area (Å²) in [6.07, 6.45) is 4.58. The minimum atomic E-state index is -0.829. The number of carboxylic acid groups (broad SMARTS) is 1. The molecule has 0 radical (unpaired) electrons. The van der Waals surface area contributed by atoms with Crippen molar-refractivity contribution in [3.05, 3.63) is 22.8 Å². The van der Waals surface area contributed by atoms with Crippen LogP contribution in [0.2, 0.25) is 0 Å². The van der Waals surface area contributed by atoms with Gasteiger partial charge in [-0.15, -0.1) is 0 Å². The standard InChI is InChI=1S/C15H22N2O3/c1-3-12-11(9-15(18)19)13(4-2)17-14(16-12)8-10-6-5-7-20-10/h10H,3-9H2,1-2H3,(H,18,19). The van der Waals surface area contributed by atoms with Gasteiger partial charge in [0.1, 0.15) is 5.82 Å². The Labute approximate surface area is 119 Å². The molecule has 1 N–H and O–H groups in total. The van der Waals surface area contributed by atoms with Gasteiger partial charge in [-0.1, -0.05) is 13.8 Å². The number of aryl methyl sites for hydroxylation is 2. The molecule has 5 nitrogen and oxygen atoms in total. The summed E-state index contributed by atoms with van der Waals surface area (Å²) < 4.78 is 5.62. The molecule has 1 aromatic rings. The Morgan fingerprint density at radius 1 is 1.30 bits per heavy atom. The van der Waals surface area contributed by atoms with Gasteiger partial charge in [-0.2, -0.15) is 0 Å². The van der Waals surface area contributed by atoms with Gasteiger partial charge in [0.15, 0.2) is 0 Å². The third-order valence-corrected chi connectivity index (χ3v) is 3.66. The number of hydrogen-bond acceptors (Lipinski definition) is 4. The van der Waals surface area contributed by atoms with Crippen molar-refractivity contribution in [2.24, 2.45) is 0 Å². The molecule has 0 saturated carbocycles. The van der Waals surface area contributed by atoms with Crippen LogP contribution in [0.5, 0.6) is 0 Å². The van der Waals surface area contributed by atoms with Crippen molar-refractivity contribution >= 4 is 5.97 Å². The van der Waals surface area contributed by atoms with E-state index in [2.05, 4.69) is 9.97 Å². The summed E-state index contributed by atoms with van der Waals surface area (Å²) in [5, 5.41) is 9.03. The monoisotopic (exact) mass is 278 g/mol. The molecule has 2 heterocycles. The van der Waals surface area contributed by atoms with Crippen LogP contribution in [0.3, 0.4) is 0 Å². The van der Waals surface area contributed by atoms with Gasteiger partial charge in [-0.3, -0.25) is 4.79 Å². The number of carbonyl (C=O) groups is 1. The molecule has 110 valence electrons. The first-order valence-corrected chi connectivity index (χ1v) is 7.35. The van der Waals surface area contributed by atoms with Crippen molar-refractivity contribution in [2.45, 2.75) is 58.5 Å². The number of aliphatic carboxylic acids is 1. The summed E-state index contributed by atoms with van der Waals surface area (Å²) in [5.41, 5.74) is 2.53. The van der Waals surface area contributed by atoms with Crippen LogP contribution in [0.1, 0.15) is 49.5 Å². The third kappa shape index (κ3) is 3.54. The van der Waals surface area contributed by atoms with Crippen LogP contribution in [-0.4, -0.2) is 33.8 Å². The maximum atomic E-state index is 11.0. The lowest BCUT2D eigenvalue weighted by atomic mass is 10.0. The molecule has 0 amide bonds. The van der Waals surface area contributed by atoms with E-state index in [1.807, 2.05) is 13.8 Å². The zero-order chi connectivity index (χ0) is 14.5. The molecular weight excluding hydrogens is 256 g/mol. The SMILES string of the molecule is CCc1nc(CC2CCCO2)nc(CC)c1CC(=O)O. The Bertz CT molecular complexity index is 457. The maximum absolute atomic E-state index is 11.0. The van der Waals surface area contributed by atoms with E-state index in [0.29, 0.717) is 0 Å². The highest BCUT2D eigenvalue weighted by atomic mass is 16.5. The number of hydrogen-bond donors (Lipinski definition) is 1. The Kier molecular flexibility index (Phi) is 5.06. The summed E-state index contributed by atoms with van der Waals surface area (Å²) in [7, 11) is 0. The fourth-order valence-electron chi connectivity index (χ4n) is 2.68. The lowest BCUT2D eigenvalue weighted by molar-refractivity contribution is -0.136. The van der Waals surface area contributed by atoms with Gasteiger partial charge >= 0.3 is 5.97 Å². The van der Waals surface area contributed by atoms with Crippen molar-refractivity contribution in [3.63, 3.8) is 0 Å². The lowest BCUT2D eigenvalue weighted by Crippen LogP contribution is -2.17. The molecular formula is C15H22N2O3. The number of aromatic nitrogens is 2. The molecule has 0 aliphatic carbocycles. The smallest absolute Gasteiger partial charge is 0.307 e. The highest BCUT2D eigenvalue weighted by Crippen LogP contribution is 2.19. The molecule has 1 aliphatic heterocycles.